The summed E-state index contributed by atoms with van der Waals surface area (Å²) in [6.07, 6.45) is 1.20. The molecule has 0 aliphatic carbocycles. The van der Waals surface area contributed by atoms with Crippen molar-refractivity contribution in [1.29, 1.82) is 0 Å². The molecule has 1 amide bonds. The molecule has 1 aliphatic heterocycles. The van der Waals surface area contributed by atoms with Crippen LogP contribution in [0.15, 0.2) is 18.2 Å². The lowest BCUT2D eigenvalue weighted by atomic mass is 10.1. The first-order valence-corrected chi connectivity index (χ1v) is 6.53. The number of rotatable bonds is 3. The first kappa shape index (κ1) is 13.6. The average molecular weight is 261 g/mol. The van der Waals surface area contributed by atoms with Crippen molar-refractivity contribution in [3.63, 3.8) is 0 Å². The number of likely N-dealkylation sites (tertiary alicyclic amines) is 1. The van der Waals surface area contributed by atoms with E-state index < -0.39 is 0 Å². The fourth-order valence-corrected chi connectivity index (χ4v) is 2.34. The van der Waals surface area contributed by atoms with Gasteiger partial charge in [-0.05, 0) is 24.1 Å². The van der Waals surface area contributed by atoms with Crippen LogP contribution >= 0.6 is 0 Å². The van der Waals surface area contributed by atoms with E-state index >= 15 is 0 Å². The van der Waals surface area contributed by atoms with Crippen LogP contribution in [0, 0.1) is 6.92 Å². The van der Waals surface area contributed by atoms with Crippen LogP contribution in [0.2, 0.25) is 0 Å². The number of carbonyl (C=O) groups is 2. The molecule has 2 rings (SSSR count). The predicted octanol–water partition coefficient (Wildman–Crippen LogP) is 2.09. The highest BCUT2D eigenvalue weighted by Crippen LogP contribution is 2.20. The molecule has 1 aromatic carbocycles. The summed E-state index contributed by atoms with van der Waals surface area (Å²) in [6.45, 7) is 3.08. The molecule has 4 nitrogen and oxygen atoms in total. The molecule has 0 spiro atoms. The normalized spacial score (nSPS) is 16.4. The predicted molar refractivity (Wildman–Crippen MR) is 72.0 cm³/mol. The van der Waals surface area contributed by atoms with Crippen molar-refractivity contribution in [2.24, 2.45) is 0 Å². The molecule has 0 N–H and O–H groups in total. The van der Waals surface area contributed by atoms with Gasteiger partial charge in [0.1, 0.15) is 11.5 Å². The number of methoxy groups -OCH3 is 1. The van der Waals surface area contributed by atoms with Gasteiger partial charge in [-0.25, -0.2) is 0 Å². The molecule has 0 bridgehead atoms. The molecule has 0 aromatic heterocycles. The summed E-state index contributed by atoms with van der Waals surface area (Å²) in [5.41, 5.74) is 2.12. The number of nitrogens with zero attached hydrogens (tertiary/aromatic N) is 1. The van der Waals surface area contributed by atoms with Gasteiger partial charge in [-0.15, -0.1) is 0 Å². The van der Waals surface area contributed by atoms with E-state index in [1.54, 1.807) is 12.0 Å². The van der Waals surface area contributed by atoms with Crippen molar-refractivity contribution in [2.45, 2.75) is 32.7 Å². The van der Waals surface area contributed by atoms with E-state index in [4.69, 9.17) is 4.74 Å². The Balaban J connectivity index is 2.09. The minimum atomic E-state index is 0.0688. The molecule has 4 heteroatoms. The third-order valence-corrected chi connectivity index (χ3v) is 3.46. The second-order valence-electron chi connectivity index (χ2n) is 4.91. The third kappa shape index (κ3) is 3.34. The lowest BCUT2D eigenvalue weighted by molar-refractivity contribution is -0.131. The summed E-state index contributed by atoms with van der Waals surface area (Å²) in [7, 11) is 1.64. The van der Waals surface area contributed by atoms with E-state index in [9.17, 15) is 9.59 Å². The summed E-state index contributed by atoms with van der Waals surface area (Å²) in [6, 6.07) is 5.91. The topological polar surface area (TPSA) is 46.6 Å². The van der Waals surface area contributed by atoms with Gasteiger partial charge in [-0.1, -0.05) is 12.1 Å². The average Bonchev–Trinajstić information content (AvgIpc) is 2.54. The number of hydrogen-bond donors (Lipinski definition) is 0. The monoisotopic (exact) mass is 261 g/mol. The van der Waals surface area contributed by atoms with Crippen molar-refractivity contribution in [1.82, 2.24) is 4.90 Å². The zero-order valence-electron chi connectivity index (χ0n) is 11.4. The van der Waals surface area contributed by atoms with E-state index in [1.165, 1.54) is 0 Å². The number of ether oxygens (including phenoxy) is 1. The van der Waals surface area contributed by atoms with Crippen LogP contribution in [-0.4, -0.2) is 30.2 Å². The van der Waals surface area contributed by atoms with Gasteiger partial charge in [0.2, 0.25) is 5.91 Å². The summed E-state index contributed by atoms with van der Waals surface area (Å²) in [4.78, 5) is 25.1. The Bertz CT molecular complexity index is 496. The van der Waals surface area contributed by atoms with E-state index in [0.717, 1.165) is 16.9 Å². The lowest BCUT2D eigenvalue weighted by Gasteiger charge is -2.20. The first-order chi connectivity index (χ1) is 9.10. The second kappa shape index (κ2) is 5.87. The number of ketones is 1. The van der Waals surface area contributed by atoms with E-state index in [1.807, 2.05) is 25.1 Å². The highest BCUT2D eigenvalue weighted by atomic mass is 16.5. The van der Waals surface area contributed by atoms with Crippen molar-refractivity contribution < 1.29 is 14.3 Å². The molecular formula is C15H19NO3. The molecule has 0 radical (unpaired) electrons. The van der Waals surface area contributed by atoms with Crippen LogP contribution in [0.1, 0.15) is 30.4 Å². The molecule has 1 fully saturated rings. The Morgan fingerprint density at radius 2 is 2.00 bits per heavy atom. The molecule has 1 saturated heterocycles. The fraction of sp³-hybridized carbons (Fsp3) is 0.467. The quantitative estimate of drug-likeness (QED) is 0.837. The number of carbonyl (C=O) groups excluding carboxylic acids is 2. The molecule has 102 valence electrons. The molecule has 0 saturated carbocycles. The maximum Gasteiger partial charge on any atom is 0.223 e. The minimum absolute atomic E-state index is 0.0688. The number of amides is 1. The smallest absolute Gasteiger partial charge is 0.223 e. The van der Waals surface area contributed by atoms with Gasteiger partial charge >= 0.3 is 0 Å². The third-order valence-electron chi connectivity index (χ3n) is 3.46. The highest BCUT2D eigenvalue weighted by molar-refractivity contribution is 5.87. The Kier molecular flexibility index (Phi) is 4.20. The van der Waals surface area contributed by atoms with Crippen molar-refractivity contribution in [2.75, 3.05) is 13.7 Å². The molecule has 0 atom stereocenters. The van der Waals surface area contributed by atoms with Gasteiger partial charge in [0.25, 0.3) is 0 Å². The molecule has 1 aliphatic rings. The second-order valence-corrected chi connectivity index (χ2v) is 4.91. The Hall–Kier alpha value is -1.84. The van der Waals surface area contributed by atoms with Crippen molar-refractivity contribution >= 4 is 11.7 Å². The fourth-order valence-electron chi connectivity index (χ4n) is 2.34. The maximum atomic E-state index is 11.9. The van der Waals surface area contributed by atoms with Crippen LogP contribution in [0.4, 0.5) is 0 Å². The summed E-state index contributed by atoms with van der Waals surface area (Å²) in [5.74, 6) is 1.10. The Morgan fingerprint density at radius 1 is 1.21 bits per heavy atom. The van der Waals surface area contributed by atoms with Crippen LogP contribution in [0.3, 0.4) is 0 Å². The largest absolute Gasteiger partial charge is 0.496 e. The van der Waals surface area contributed by atoms with Gasteiger partial charge in [-0.2, -0.15) is 0 Å². The number of aryl methyl sites for hydroxylation is 1. The van der Waals surface area contributed by atoms with Crippen LogP contribution in [0.5, 0.6) is 5.75 Å². The minimum Gasteiger partial charge on any atom is -0.496 e. The van der Waals surface area contributed by atoms with Crippen LogP contribution < -0.4 is 4.74 Å². The van der Waals surface area contributed by atoms with E-state index in [-0.39, 0.29) is 11.7 Å². The standard InChI is InChI=1S/C15H19NO3/c1-11-9-12(3-5-14(11)19-2)10-16-8-7-13(17)4-6-15(16)18/h3,5,9H,4,6-8,10H2,1-2H3. The Labute approximate surface area is 113 Å². The molecule has 1 heterocycles. The van der Waals surface area contributed by atoms with Crippen LogP contribution in [-0.2, 0) is 16.1 Å². The van der Waals surface area contributed by atoms with Gasteiger partial charge in [0, 0.05) is 32.4 Å². The zero-order valence-corrected chi connectivity index (χ0v) is 11.4. The van der Waals surface area contributed by atoms with Crippen molar-refractivity contribution in [3.05, 3.63) is 29.3 Å². The zero-order chi connectivity index (χ0) is 13.8. The SMILES string of the molecule is COc1ccc(CN2CCC(=O)CCC2=O)cc1C. The summed E-state index contributed by atoms with van der Waals surface area (Å²) < 4.78 is 5.22. The van der Waals surface area contributed by atoms with Gasteiger partial charge in [-0.3, -0.25) is 9.59 Å². The number of hydrogen-bond acceptors (Lipinski definition) is 3. The lowest BCUT2D eigenvalue weighted by Crippen LogP contribution is -2.29. The van der Waals surface area contributed by atoms with Crippen LogP contribution in [0.25, 0.3) is 0 Å². The van der Waals surface area contributed by atoms with Gasteiger partial charge in [0.15, 0.2) is 0 Å². The maximum absolute atomic E-state index is 11.9. The molecular weight excluding hydrogens is 242 g/mol. The Morgan fingerprint density at radius 3 is 2.68 bits per heavy atom. The summed E-state index contributed by atoms with van der Waals surface area (Å²) in [5, 5.41) is 0. The molecule has 0 unspecified atom stereocenters. The number of benzene rings is 1. The van der Waals surface area contributed by atoms with E-state index in [0.29, 0.717) is 32.4 Å². The van der Waals surface area contributed by atoms with Crippen molar-refractivity contribution in [3.8, 4) is 5.75 Å². The molecule has 1 aromatic rings. The summed E-state index contributed by atoms with van der Waals surface area (Å²) >= 11 is 0. The highest BCUT2D eigenvalue weighted by Gasteiger charge is 2.20. The first-order valence-electron chi connectivity index (χ1n) is 6.53. The van der Waals surface area contributed by atoms with Gasteiger partial charge < -0.3 is 9.64 Å². The number of Topliss-reactive ketones (excluding diaryl/α,β-unsaturated/α-hetero) is 1. The van der Waals surface area contributed by atoms with E-state index in [2.05, 4.69) is 0 Å². The molecule has 19 heavy (non-hydrogen) atoms. The van der Waals surface area contributed by atoms with Gasteiger partial charge in [0.05, 0.1) is 7.11 Å².